The fourth-order valence-electron chi connectivity index (χ4n) is 5.36. The summed E-state index contributed by atoms with van der Waals surface area (Å²) < 4.78 is 8.70. The van der Waals surface area contributed by atoms with Gasteiger partial charge in [-0.3, -0.25) is 0 Å². The molecule has 0 bridgehead atoms. The van der Waals surface area contributed by atoms with Crippen LogP contribution in [0.4, 0.5) is 5.69 Å². The smallest absolute Gasteiger partial charge is 0.203 e. The van der Waals surface area contributed by atoms with Crippen LogP contribution < -0.4 is 14.8 Å². The summed E-state index contributed by atoms with van der Waals surface area (Å²) in [5.41, 5.74) is 7.14. The fraction of sp³-hybridized carbons (Fsp3) is 0.258. The van der Waals surface area contributed by atoms with Gasteiger partial charge in [0.05, 0.1) is 6.07 Å². The van der Waals surface area contributed by atoms with Gasteiger partial charge in [0.2, 0.25) is 5.36 Å². The largest absolute Gasteiger partial charge is 0.456 e. The summed E-state index contributed by atoms with van der Waals surface area (Å²) in [5, 5.41) is 2.32. The van der Waals surface area contributed by atoms with Crippen LogP contribution in [0.15, 0.2) is 89.0 Å². The first-order valence-electron chi connectivity index (χ1n) is 12.2. The molecule has 0 spiro atoms. The van der Waals surface area contributed by atoms with E-state index in [2.05, 4.69) is 123 Å². The molecule has 2 aromatic carbocycles. The molecule has 2 aromatic rings. The molecular formula is C31H33N2O+. The Bertz CT molecular complexity index is 1460. The molecule has 3 nitrogen and oxygen atoms in total. The summed E-state index contributed by atoms with van der Waals surface area (Å²) in [5.74, 6) is 0.918. The Kier molecular flexibility index (Phi) is 5.65. The first-order chi connectivity index (χ1) is 16.5. The second-order valence-electron chi connectivity index (χ2n) is 9.48. The summed E-state index contributed by atoms with van der Waals surface area (Å²) in [6.45, 7) is 10.9. The minimum atomic E-state index is -0.0372. The van der Waals surface area contributed by atoms with E-state index in [9.17, 15) is 0 Å². The third-order valence-corrected chi connectivity index (χ3v) is 7.24. The first kappa shape index (κ1) is 22.2. The van der Waals surface area contributed by atoms with E-state index in [1.54, 1.807) is 0 Å². The summed E-state index contributed by atoms with van der Waals surface area (Å²) in [6, 6.07) is 23.6. The van der Waals surface area contributed by atoms with E-state index in [1.807, 2.05) is 6.07 Å². The molecule has 0 saturated carbocycles. The van der Waals surface area contributed by atoms with Crippen molar-refractivity contribution in [3.63, 3.8) is 0 Å². The van der Waals surface area contributed by atoms with Crippen molar-refractivity contribution in [1.82, 2.24) is 4.58 Å². The molecular weight excluding hydrogens is 416 g/mol. The number of hydrogen-bond donors (Lipinski definition) is 0. The molecule has 3 aliphatic rings. The Labute approximate surface area is 202 Å². The third-order valence-electron chi connectivity index (χ3n) is 7.24. The van der Waals surface area contributed by atoms with Crippen molar-refractivity contribution >= 4 is 22.7 Å². The lowest BCUT2D eigenvalue weighted by atomic mass is 9.84. The molecule has 0 fully saturated rings. The number of anilines is 1. The molecule has 0 aromatic heterocycles. The van der Waals surface area contributed by atoms with Gasteiger partial charge in [0.25, 0.3) is 0 Å². The van der Waals surface area contributed by atoms with Gasteiger partial charge >= 0.3 is 0 Å². The minimum absolute atomic E-state index is 0.0372. The number of likely N-dealkylation sites (N-methyl/N-ethyl adjacent to an activating group) is 1. The van der Waals surface area contributed by atoms with Gasteiger partial charge in [0.1, 0.15) is 24.4 Å². The first-order valence-corrected chi connectivity index (χ1v) is 12.2. The van der Waals surface area contributed by atoms with Gasteiger partial charge in [-0.05, 0) is 49.2 Å². The van der Waals surface area contributed by atoms with Crippen LogP contribution in [0.5, 0.6) is 0 Å². The highest BCUT2D eigenvalue weighted by atomic mass is 16.3. The summed E-state index contributed by atoms with van der Waals surface area (Å²) in [7, 11) is 2.16. The molecule has 2 heterocycles. The second kappa shape index (κ2) is 8.64. The number of allylic oxidation sites excluding steroid dienone is 3. The van der Waals surface area contributed by atoms with E-state index in [4.69, 9.17) is 4.42 Å². The van der Waals surface area contributed by atoms with Crippen molar-refractivity contribution in [3.8, 4) is 11.3 Å². The summed E-state index contributed by atoms with van der Waals surface area (Å²) >= 11 is 0. The molecule has 0 unspecified atom stereocenters. The van der Waals surface area contributed by atoms with Crippen molar-refractivity contribution in [2.24, 2.45) is 0 Å². The topological polar surface area (TPSA) is 19.4 Å². The second-order valence-corrected chi connectivity index (χ2v) is 9.48. The van der Waals surface area contributed by atoms with Crippen LogP contribution in [0.25, 0.3) is 28.4 Å². The molecule has 3 heteroatoms. The highest BCUT2D eigenvalue weighted by Gasteiger charge is 2.37. The van der Waals surface area contributed by atoms with Gasteiger partial charge in [0.15, 0.2) is 0 Å². The van der Waals surface area contributed by atoms with Gasteiger partial charge in [0, 0.05) is 40.9 Å². The Morgan fingerprint density at radius 3 is 2.44 bits per heavy atom. The van der Waals surface area contributed by atoms with Gasteiger partial charge in [-0.2, -0.15) is 0 Å². The molecule has 0 N–H and O–H groups in total. The lowest BCUT2D eigenvalue weighted by Crippen LogP contribution is -2.29. The number of hydrogen-bond acceptors (Lipinski definition) is 2. The zero-order chi connectivity index (χ0) is 23.9. The normalized spacial score (nSPS) is 16.1. The molecule has 172 valence electrons. The van der Waals surface area contributed by atoms with Crippen LogP contribution in [0.3, 0.4) is 0 Å². The average molecular weight is 450 g/mol. The van der Waals surface area contributed by atoms with Crippen molar-refractivity contribution < 1.29 is 4.42 Å². The summed E-state index contributed by atoms with van der Waals surface area (Å²) in [4.78, 5) is 2.31. The number of rotatable bonds is 4. The van der Waals surface area contributed by atoms with Gasteiger partial charge in [-0.25, -0.2) is 4.58 Å². The number of fused-ring (bicyclic) bond motifs is 3. The number of para-hydroxylation sites is 2. The standard InChI is InChI=1S/C31H33N2O/c1-6-33(7-2)22-19-20-25-23(24-13-8-11-17-28(24)34-29(25)21-22)14-12-18-30-31(3,4)26-15-9-10-16-27(26)32(30)5/h8-21H,6-7H2,1-5H3/q+1. The van der Waals surface area contributed by atoms with Gasteiger partial charge < -0.3 is 9.32 Å². The third kappa shape index (κ3) is 3.56. The maximum absolute atomic E-state index is 6.35. The van der Waals surface area contributed by atoms with Crippen molar-refractivity contribution in [3.05, 3.63) is 101 Å². The molecule has 2 aliphatic heterocycles. The fourth-order valence-corrected chi connectivity index (χ4v) is 5.36. The minimum Gasteiger partial charge on any atom is -0.456 e. The Hall–Kier alpha value is -3.59. The maximum atomic E-state index is 6.35. The Morgan fingerprint density at radius 1 is 0.941 bits per heavy atom. The highest BCUT2D eigenvalue weighted by molar-refractivity contribution is 5.94. The maximum Gasteiger partial charge on any atom is 0.203 e. The molecule has 1 aliphatic carbocycles. The molecule has 0 radical (unpaired) electrons. The van der Waals surface area contributed by atoms with Crippen molar-refractivity contribution in [1.29, 1.82) is 0 Å². The van der Waals surface area contributed by atoms with E-state index in [-0.39, 0.29) is 5.41 Å². The lowest BCUT2D eigenvalue weighted by Gasteiger charge is -2.23. The van der Waals surface area contributed by atoms with E-state index < -0.39 is 0 Å². The molecule has 0 amide bonds. The molecule has 0 atom stereocenters. The zero-order valence-corrected chi connectivity index (χ0v) is 20.8. The van der Waals surface area contributed by atoms with Crippen LogP contribution in [0.1, 0.15) is 38.8 Å². The molecule has 34 heavy (non-hydrogen) atoms. The van der Waals surface area contributed by atoms with Gasteiger partial charge in [-0.1, -0.05) is 62.4 Å². The quantitative estimate of drug-likeness (QED) is 0.256. The summed E-state index contributed by atoms with van der Waals surface area (Å²) in [6.07, 6.45) is 6.69. The van der Waals surface area contributed by atoms with E-state index in [1.165, 1.54) is 27.9 Å². The van der Waals surface area contributed by atoms with Crippen LogP contribution in [-0.2, 0) is 5.41 Å². The predicted molar refractivity (Wildman–Crippen MR) is 144 cm³/mol. The van der Waals surface area contributed by atoms with E-state index in [0.717, 1.165) is 35.4 Å². The highest BCUT2D eigenvalue weighted by Crippen LogP contribution is 2.46. The van der Waals surface area contributed by atoms with E-state index in [0.29, 0.717) is 0 Å². The SMILES string of the molecule is CC[N+](CC)=c1ccc2c(/C=C/C=C3\N(C)c4ccccc4C3(C)C)c3ccccc3oc-2c1. The molecule has 5 rings (SSSR count). The van der Waals surface area contributed by atoms with Crippen molar-refractivity contribution in [2.75, 3.05) is 25.0 Å². The zero-order valence-electron chi connectivity index (χ0n) is 20.8. The average Bonchev–Trinajstić information content (AvgIpc) is 3.04. The van der Waals surface area contributed by atoms with E-state index >= 15 is 0 Å². The van der Waals surface area contributed by atoms with Crippen molar-refractivity contribution in [2.45, 2.75) is 33.1 Å². The van der Waals surface area contributed by atoms with Crippen LogP contribution in [0.2, 0.25) is 0 Å². The lowest BCUT2D eigenvalue weighted by molar-refractivity contribution is 0.604. The van der Waals surface area contributed by atoms with Crippen LogP contribution in [-0.4, -0.2) is 20.1 Å². The van der Waals surface area contributed by atoms with Crippen LogP contribution >= 0.6 is 0 Å². The Balaban J connectivity index is 1.65. The monoisotopic (exact) mass is 449 g/mol. The van der Waals surface area contributed by atoms with Gasteiger partial charge in [-0.15, -0.1) is 0 Å². The predicted octanol–water partition coefficient (Wildman–Crippen LogP) is 6.67. The number of nitrogens with zero attached hydrogens (tertiary/aromatic N) is 2. The Morgan fingerprint density at radius 2 is 1.68 bits per heavy atom. The molecule has 0 saturated heterocycles. The van der Waals surface area contributed by atoms with Crippen LogP contribution in [0, 0.1) is 0 Å². The number of benzene rings is 3.